The van der Waals surface area contributed by atoms with Gasteiger partial charge in [-0.15, -0.1) is 0 Å². The molecule has 1 fully saturated rings. The fourth-order valence-corrected chi connectivity index (χ4v) is 9.33. The molecule has 9 aromatic carbocycles. The second-order valence-corrected chi connectivity index (χ2v) is 15.8. The predicted octanol–water partition coefficient (Wildman–Crippen LogP) is 12.1. The van der Waals surface area contributed by atoms with E-state index in [1.165, 1.54) is 92.5 Å². The van der Waals surface area contributed by atoms with Crippen molar-refractivity contribution in [2.24, 2.45) is 0 Å². The zero-order valence-electron chi connectivity index (χ0n) is 29.8. The van der Waals surface area contributed by atoms with Crippen LogP contribution >= 0.6 is 0 Å². The van der Waals surface area contributed by atoms with Gasteiger partial charge in [0.1, 0.15) is 0 Å². The van der Waals surface area contributed by atoms with Crippen LogP contribution in [-0.2, 0) is 9.31 Å². The molecule has 0 radical (unpaired) electrons. The van der Waals surface area contributed by atoms with Crippen molar-refractivity contribution in [3.8, 4) is 11.1 Å². The van der Waals surface area contributed by atoms with Gasteiger partial charge < -0.3 is 9.31 Å². The van der Waals surface area contributed by atoms with Crippen LogP contribution in [0.4, 0.5) is 0 Å². The number of fused-ring (bicyclic) bond motifs is 16. The fourth-order valence-electron chi connectivity index (χ4n) is 9.33. The molecule has 248 valence electrons. The van der Waals surface area contributed by atoms with E-state index in [2.05, 4.69) is 173 Å². The van der Waals surface area contributed by atoms with E-state index in [1.54, 1.807) is 0 Å². The minimum atomic E-state index is -0.419. The lowest BCUT2D eigenvalue weighted by Crippen LogP contribution is -2.41. The van der Waals surface area contributed by atoms with Crippen molar-refractivity contribution in [3.63, 3.8) is 0 Å². The van der Waals surface area contributed by atoms with Crippen molar-refractivity contribution in [3.05, 3.63) is 162 Å². The average Bonchev–Trinajstić information content (AvgIpc) is 3.62. The van der Waals surface area contributed by atoms with Gasteiger partial charge in [-0.1, -0.05) is 133 Å². The highest BCUT2D eigenvalue weighted by Crippen LogP contribution is 2.56. The van der Waals surface area contributed by atoms with Gasteiger partial charge in [0.15, 0.2) is 0 Å². The quantitative estimate of drug-likeness (QED) is 0.135. The first-order valence-corrected chi connectivity index (χ1v) is 18.5. The molecule has 9 aromatic rings. The van der Waals surface area contributed by atoms with Crippen molar-refractivity contribution >= 4 is 77.2 Å². The second-order valence-electron chi connectivity index (χ2n) is 15.8. The SMILES string of the molecule is CC1(C)OB(c2ccc3c(c2)c2ccccc2c2cc4c(cc32)C(c2ccccc2)c2c-4c3c4ccccc4ccc3c3ccccc23)OC1(C)C. The van der Waals surface area contributed by atoms with Crippen molar-refractivity contribution in [1.29, 1.82) is 0 Å². The van der Waals surface area contributed by atoms with Gasteiger partial charge in [-0.3, -0.25) is 0 Å². The van der Waals surface area contributed by atoms with Gasteiger partial charge in [0, 0.05) is 5.92 Å². The van der Waals surface area contributed by atoms with Gasteiger partial charge in [-0.2, -0.15) is 0 Å². The van der Waals surface area contributed by atoms with E-state index in [0.717, 1.165) is 5.46 Å². The molecule has 2 aliphatic rings. The smallest absolute Gasteiger partial charge is 0.399 e. The van der Waals surface area contributed by atoms with Gasteiger partial charge >= 0.3 is 7.12 Å². The molecule has 0 saturated carbocycles. The van der Waals surface area contributed by atoms with Gasteiger partial charge in [-0.05, 0) is 138 Å². The summed E-state index contributed by atoms with van der Waals surface area (Å²) in [5.41, 5.74) is 7.05. The van der Waals surface area contributed by atoms with Crippen LogP contribution in [-0.4, -0.2) is 18.3 Å². The third-order valence-electron chi connectivity index (χ3n) is 12.5. The maximum Gasteiger partial charge on any atom is 0.494 e. The molecule has 0 spiro atoms. The standard InChI is InChI=1S/C49H37BO2/c1-48(2)49(3,4)52-50(51-48)31-23-25-36-39(26-31)33-18-10-11-19-34(33)40-28-43-42(27-41(36)40)44(30-15-6-5-7-16-30)46-37-21-13-12-20-35(37)38-24-22-29-14-8-9-17-32(29)45(38)47(43)46/h5-28,44H,1-4H3. The molecule has 52 heavy (non-hydrogen) atoms. The maximum atomic E-state index is 6.54. The third kappa shape index (κ3) is 4.04. The molecule has 1 atom stereocenters. The zero-order valence-corrected chi connectivity index (χ0v) is 29.8. The van der Waals surface area contributed by atoms with E-state index >= 15 is 0 Å². The molecule has 1 aliphatic heterocycles. The summed E-state index contributed by atoms with van der Waals surface area (Å²) in [6, 6.07) is 54.5. The number of rotatable bonds is 2. The predicted molar refractivity (Wildman–Crippen MR) is 220 cm³/mol. The fraction of sp³-hybridized carbons (Fsp3) is 0.143. The Hall–Kier alpha value is -5.48. The number of hydrogen-bond acceptors (Lipinski definition) is 2. The van der Waals surface area contributed by atoms with Crippen molar-refractivity contribution in [2.75, 3.05) is 0 Å². The van der Waals surface area contributed by atoms with E-state index in [1.807, 2.05) is 0 Å². The molecule has 1 unspecified atom stereocenters. The molecule has 0 bridgehead atoms. The Morgan fingerprint density at radius 1 is 0.462 bits per heavy atom. The topological polar surface area (TPSA) is 18.5 Å². The van der Waals surface area contributed by atoms with Crippen LogP contribution in [0, 0.1) is 0 Å². The Morgan fingerprint density at radius 2 is 1.00 bits per heavy atom. The Bertz CT molecular complexity index is 2960. The molecule has 1 saturated heterocycles. The highest BCUT2D eigenvalue weighted by atomic mass is 16.7. The van der Waals surface area contributed by atoms with Crippen LogP contribution in [0.15, 0.2) is 146 Å². The van der Waals surface area contributed by atoms with Crippen molar-refractivity contribution in [2.45, 2.75) is 44.8 Å². The maximum absolute atomic E-state index is 6.54. The van der Waals surface area contributed by atoms with Crippen LogP contribution in [0.3, 0.4) is 0 Å². The van der Waals surface area contributed by atoms with Crippen LogP contribution < -0.4 is 5.46 Å². The second kappa shape index (κ2) is 10.5. The summed E-state index contributed by atoms with van der Waals surface area (Å²) in [4.78, 5) is 0. The molecule has 3 heteroatoms. The van der Waals surface area contributed by atoms with E-state index < -0.39 is 18.3 Å². The number of hydrogen-bond donors (Lipinski definition) is 0. The summed E-state index contributed by atoms with van der Waals surface area (Å²) in [5.74, 6) is 0.0920. The van der Waals surface area contributed by atoms with Crippen molar-refractivity contribution in [1.82, 2.24) is 0 Å². The summed E-state index contributed by atoms with van der Waals surface area (Å²) in [6.45, 7) is 8.48. The molecule has 11 rings (SSSR count). The zero-order chi connectivity index (χ0) is 34.9. The molecule has 0 aromatic heterocycles. The third-order valence-corrected chi connectivity index (χ3v) is 12.5. The first-order chi connectivity index (χ1) is 25.3. The summed E-state index contributed by atoms with van der Waals surface area (Å²) in [6.07, 6.45) is 0. The minimum Gasteiger partial charge on any atom is -0.399 e. The normalized spacial score (nSPS) is 17.5. The van der Waals surface area contributed by atoms with E-state index in [4.69, 9.17) is 9.31 Å². The summed E-state index contributed by atoms with van der Waals surface area (Å²) >= 11 is 0. The lowest BCUT2D eigenvalue weighted by atomic mass is 9.77. The Kier molecular flexibility index (Phi) is 6.12. The van der Waals surface area contributed by atoms with E-state index in [9.17, 15) is 0 Å². The summed E-state index contributed by atoms with van der Waals surface area (Å²) in [5, 5.41) is 15.4. The van der Waals surface area contributed by atoms with Gasteiger partial charge in [-0.25, -0.2) is 0 Å². The molecule has 1 heterocycles. The highest BCUT2D eigenvalue weighted by molar-refractivity contribution is 6.62. The lowest BCUT2D eigenvalue weighted by molar-refractivity contribution is 0.00578. The molecular weight excluding hydrogens is 631 g/mol. The monoisotopic (exact) mass is 668 g/mol. The molecule has 0 N–H and O–H groups in total. The van der Waals surface area contributed by atoms with Crippen LogP contribution in [0.1, 0.15) is 50.3 Å². The largest absolute Gasteiger partial charge is 0.494 e. The van der Waals surface area contributed by atoms with Crippen LogP contribution in [0.25, 0.3) is 75.8 Å². The Morgan fingerprint density at radius 3 is 1.71 bits per heavy atom. The summed E-state index contributed by atoms with van der Waals surface area (Å²) in [7, 11) is -0.419. The van der Waals surface area contributed by atoms with Gasteiger partial charge in [0.25, 0.3) is 0 Å². The van der Waals surface area contributed by atoms with Crippen molar-refractivity contribution < 1.29 is 9.31 Å². The Balaban J connectivity index is 1.27. The first kappa shape index (κ1) is 30.2. The van der Waals surface area contributed by atoms with E-state index in [-0.39, 0.29) is 5.92 Å². The lowest BCUT2D eigenvalue weighted by Gasteiger charge is -2.32. The molecular formula is C49H37BO2. The molecule has 0 amide bonds. The first-order valence-electron chi connectivity index (χ1n) is 18.5. The number of benzene rings is 9. The minimum absolute atomic E-state index is 0.0920. The Labute approximate surface area is 303 Å². The van der Waals surface area contributed by atoms with Gasteiger partial charge in [0.2, 0.25) is 0 Å². The van der Waals surface area contributed by atoms with Gasteiger partial charge in [0.05, 0.1) is 11.2 Å². The van der Waals surface area contributed by atoms with Crippen LogP contribution in [0.2, 0.25) is 0 Å². The molecule has 1 aliphatic carbocycles. The van der Waals surface area contributed by atoms with E-state index in [0.29, 0.717) is 0 Å². The van der Waals surface area contributed by atoms with Crippen LogP contribution in [0.5, 0.6) is 0 Å². The average molecular weight is 669 g/mol. The summed E-state index contributed by atoms with van der Waals surface area (Å²) < 4.78 is 13.1. The highest BCUT2D eigenvalue weighted by Gasteiger charge is 2.51. The molecule has 2 nitrogen and oxygen atoms in total.